The topological polar surface area (TPSA) is 49.8 Å². The summed E-state index contributed by atoms with van der Waals surface area (Å²) in [5.41, 5.74) is -0.139. The van der Waals surface area contributed by atoms with Gasteiger partial charge < -0.3 is 10.6 Å². The molecule has 0 atom stereocenters. The molecule has 8 heteroatoms. The number of benzene rings is 1. The van der Waals surface area contributed by atoms with E-state index in [2.05, 4.69) is 20.6 Å². The van der Waals surface area contributed by atoms with Crippen LogP contribution in [0.5, 0.6) is 0 Å². The maximum Gasteiger partial charge on any atom is 0.418 e. The molecule has 0 aliphatic heterocycles. The number of nitrogens with zero attached hydrogens (tertiary/aromatic N) is 2. The Kier molecular flexibility index (Phi) is 4.88. The van der Waals surface area contributed by atoms with Gasteiger partial charge >= 0.3 is 6.18 Å². The van der Waals surface area contributed by atoms with E-state index >= 15 is 0 Å². The fourth-order valence-corrected chi connectivity index (χ4v) is 3.67. The van der Waals surface area contributed by atoms with E-state index in [4.69, 9.17) is 11.6 Å². The predicted octanol–water partition coefficient (Wildman–Crippen LogP) is 6.12. The van der Waals surface area contributed by atoms with Gasteiger partial charge in [0.15, 0.2) is 0 Å². The van der Waals surface area contributed by atoms with Gasteiger partial charge in [0.2, 0.25) is 5.95 Å². The number of nitrogens with one attached hydrogen (secondary N) is 2. The van der Waals surface area contributed by atoms with Crippen LogP contribution in [0.1, 0.15) is 55.7 Å². The van der Waals surface area contributed by atoms with Crippen molar-refractivity contribution in [1.29, 1.82) is 0 Å². The summed E-state index contributed by atoms with van der Waals surface area (Å²) in [5.74, 6) is 1.14. The van der Waals surface area contributed by atoms with Crippen molar-refractivity contribution in [2.24, 2.45) is 0 Å². The van der Waals surface area contributed by atoms with Crippen molar-refractivity contribution in [3.63, 3.8) is 0 Å². The second-order valence-corrected chi connectivity index (χ2v) is 7.59. The van der Waals surface area contributed by atoms with Crippen LogP contribution in [0.3, 0.4) is 0 Å². The monoisotopic (exact) mass is 396 g/mol. The van der Waals surface area contributed by atoms with Crippen LogP contribution >= 0.6 is 11.6 Å². The van der Waals surface area contributed by atoms with Crippen molar-refractivity contribution in [2.45, 2.75) is 56.7 Å². The molecule has 27 heavy (non-hydrogen) atoms. The Balaban J connectivity index is 1.66. The lowest BCUT2D eigenvalue weighted by atomic mass is 10.1. The minimum Gasteiger partial charge on any atom is -0.351 e. The summed E-state index contributed by atoms with van der Waals surface area (Å²) in [6.45, 7) is 0. The second kappa shape index (κ2) is 7.19. The van der Waals surface area contributed by atoms with Crippen LogP contribution in [-0.2, 0) is 6.18 Å². The first-order valence-corrected chi connectivity index (χ1v) is 9.56. The van der Waals surface area contributed by atoms with E-state index in [0.717, 1.165) is 37.4 Å². The lowest BCUT2D eigenvalue weighted by molar-refractivity contribution is -0.136. The third-order valence-electron chi connectivity index (χ3n) is 5.00. The average molecular weight is 397 g/mol. The first kappa shape index (κ1) is 18.3. The zero-order chi connectivity index (χ0) is 19.0. The average Bonchev–Trinajstić information content (AvgIpc) is 3.34. The van der Waals surface area contributed by atoms with E-state index in [1.165, 1.54) is 25.0 Å². The SMILES string of the molecule is FC(F)(F)c1cccc(Cl)c1Nc1cc(C2CC2)nc(NC2CCCC2)n1. The number of para-hydroxylation sites is 1. The van der Waals surface area contributed by atoms with Gasteiger partial charge in [-0.15, -0.1) is 0 Å². The first-order chi connectivity index (χ1) is 12.9. The highest BCUT2D eigenvalue weighted by Crippen LogP contribution is 2.42. The third kappa shape index (κ3) is 4.29. The number of rotatable bonds is 5. The Bertz CT molecular complexity index is 830. The summed E-state index contributed by atoms with van der Waals surface area (Å²) >= 11 is 6.06. The Morgan fingerprint density at radius 2 is 1.78 bits per heavy atom. The van der Waals surface area contributed by atoms with E-state index in [9.17, 15) is 13.2 Å². The Morgan fingerprint density at radius 1 is 1.04 bits per heavy atom. The molecule has 2 aromatic rings. The summed E-state index contributed by atoms with van der Waals surface area (Å²) in [5, 5.41) is 6.13. The molecule has 144 valence electrons. The van der Waals surface area contributed by atoms with Crippen molar-refractivity contribution < 1.29 is 13.2 Å². The number of hydrogen-bond donors (Lipinski definition) is 2. The van der Waals surface area contributed by atoms with E-state index in [1.54, 1.807) is 6.07 Å². The van der Waals surface area contributed by atoms with Gasteiger partial charge in [0.05, 0.1) is 22.0 Å². The van der Waals surface area contributed by atoms with E-state index in [-0.39, 0.29) is 10.7 Å². The fraction of sp³-hybridized carbons (Fsp3) is 0.474. The number of aromatic nitrogens is 2. The van der Waals surface area contributed by atoms with Gasteiger partial charge in [-0.1, -0.05) is 30.5 Å². The molecule has 2 aliphatic rings. The smallest absolute Gasteiger partial charge is 0.351 e. The van der Waals surface area contributed by atoms with Gasteiger partial charge in [-0.2, -0.15) is 18.2 Å². The minimum absolute atomic E-state index is 0.00158. The van der Waals surface area contributed by atoms with Crippen LogP contribution in [0.2, 0.25) is 5.02 Å². The number of alkyl halides is 3. The quantitative estimate of drug-likeness (QED) is 0.638. The zero-order valence-electron chi connectivity index (χ0n) is 14.6. The molecule has 1 aromatic heterocycles. The van der Waals surface area contributed by atoms with E-state index in [1.807, 2.05) is 0 Å². The first-order valence-electron chi connectivity index (χ1n) is 9.18. The summed E-state index contributed by atoms with van der Waals surface area (Å²) < 4.78 is 40.1. The zero-order valence-corrected chi connectivity index (χ0v) is 15.4. The van der Waals surface area contributed by atoms with Gasteiger partial charge in [0, 0.05) is 18.0 Å². The molecule has 1 heterocycles. The summed E-state index contributed by atoms with van der Waals surface area (Å²) in [4.78, 5) is 8.98. The molecule has 0 unspecified atom stereocenters. The highest BCUT2D eigenvalue weighted by molar-refractivity contribution is 6.33. The van der Waals surface area contributed by atoms with Crippen LogP contribution in [0, 0.1) is 0 Å². The van der Waals surface area contributed by atoms with Crippen LogP contribution in [-0.4, -0.2) is 16.0 Å². The number of halogens is 4. The van der Waals surface area contributed by atoms with Crippen LogP contribution < -0.4 is 10.6 Å². The Morgan fingerprint density at radius 3 is 2.44 bits per heavy atom. The van der Waals surface area contributed by atoms with Crippen molar-refractivity contribution in [1.82, 2.24) is 9.97 Å². The molecule has 2 saturated carbocycles. The molecule has 0 radical (unpaired) electrons. The summed E-state index contributed by atoms with van der Waals surface area (Å²) in [6.07, 6.45) is 2.02. The molecule has 0 saturated heterocycles. The highest BCUT2D eigenvalue weighted by Gasteiger charge is 2.35. The molecule has 2 fully saturated rings. The van der Waals surface area contributed by atoms with Gasteiger partial charge in [-0.3, -0.25) is 0 Å². The van der Waals surface area contributed by atoms with E-state index < -0.39 is 11.7 Å². The van der Waals surface area contributed by atoms with Gasteiger partial charge in [0.25, 0.3) is 0 Å². The maximum absolute atomic E-state index is 13.4. The van der Waals surface area contributed by atoms with Gasteiger partial charge in [-0.05, 0) is 37.8 Å². The molecule has 4 nitrogen and oxygen atoms in total. The van der Waals surface area contributed by atoms with Crippen molar-refractivity contribution >= 4 is 29.1 Å². The standard InChI is InChI=1S/C19H20ClF3N4/c20-14-7-3-6-13(19(21,22)23)17(14)26-16-10-15(11-8-9-11)25-18(27-16)24-12-4-1-2-5-12/h3,6-7,10-12H,1-2,4-5,8-9H2,(H2,24,25,26,27). The second-order valence-electron chi connectivity index (χ2n) is 7.19. The summed E-state index contributed by atoms with van der Waals surface area (Å²) in [7, 11) is 0. The van der Waals surface area contributed by atoms with Gasteiger partial charge in [-0.25, -0.2) is 4.98 Å². The van der Waals surface area contributed by atoms with Crippen LogP contribution in [0.4, 0.5) is 30.6 Å². The highest BCUT2D eigenvalue weighted by atomic mass is 35.5. The lowest BCUT2D eigenvalue weighted by Crippen LogP contribution is -2.18. The number of hydrogen-bond acceptors (Lipinski definition) is 4. The molecule has 4 rings (SSSR count). The molecule has 2 N–H and O–H groups in total. The molecule has 0 bridgehead atoms. The number of anilines is 3. The van der Waals surface area contributed by atoms with Crippen molar-refractivity contribution in [3.05, 3.63) is 40.5 Å². The third-order valence-corrected chi connectivity index (χ3v) is 5.32. The summed E-state index contributed by atoms with van der Waals surface area (Å²) in [6, 6.07) is 5.77. The predicted molar refractivity (Wildman–Crippen MR) is 99.6 cm³/mol. The Hall–Kier alpha value is -2.02. The Labute approximate surface area is 160 Å². The fourth-order valence-electron chi connectivity index (χ4n) is 3.45. The maximum atomic E-state index is 13.4. The van der Waals surface area contributed by atoms with Gasteiger partial charge in [0.1, 0.15) is 5.82 Å². The minimum atomic E-state index is -4.51. The molecule has 0 spiro atoms. The normalized spacial score (nSPS) is 17.9. The molecule has 2 aliphatic carbocycles. The van der Waals surface area contributed by atoms with Crippen LogP contribution in [0.15, 0.2) is 24.3 Å². The molecule has 1 aromatic carbocycles. The van der Waals surface area contributed by atoms with Crippen molar-refractivity contribution in [3.8, 4) is 0 Å². The van der Waals surface area contributed by atoms with Crippen LogP contribution in [0.25, 0.3) is 0 Å². The van der Waals surface area contributed by atoms with E-state index in [0.29, 0.717) is 23.7 Å². The molecular weight excluding hydrogens is 377 g/mol. The largest absolute Gasteiger partial charge is 0.418 e. The molecular formula is C19H20ClF3N4. The lowest BCUT2D eigenvalue weighted by Gasteiger charge is -2.17. The van der Waals surface area contributed by atoms with Crippen molar-refractivity contribution in [2.75, 3.05) is 10.6 Å². The molecule has 0 amide bonds.